The molecule has 0 bridgehead atoms. The number of rotatable bonds is 6. The highest BCUT2D eigenvalue weighted by molar-refractivity contribution is 5.88. The molecule has 1 saturated heterocycles. The summed E-state index contributed by atoms with van der Waals surface area (Å²) in [6.07, 6.45) is 3.05. The Morgan fingerprint density at radius 2 is 2.03 bits per heavy atom. The zero-order valence-corrected chi connectivity index (χ0v) is 20.8. The van der Waals surface area contributed by atoms with Gasteiger partial charge >= 0.3 is 0 Å². The van der Waals surface area contributed by atoms with Gasteiger partial charge in [0.25, 0.3) is 0 Å². The number of carbonyl (C=O) groups excluding carboxylic acids is 2. The normalized spacial score (nSPS) is 16.6. The molecule has 37 heavy (non-hydrogen) atoms. The number of aliphatic hydroxyl groups is 1. The van der Waals surface area contributed by atoms with Crippen molar-refractivity contribution in [3.63, 3.8) is 0 Å². The summed E-state index contributed by atoms with van der Waals surface area (Å²) in [6.45, 7) is 6.13. The maximum Gasteiger partial charge on any atom is 0.245 e. The fourth-order valence-corrected chi connectivity index (χ4v) is 4.20. The van der Waals surface area contributed by atoms with Crippen LogP contribution in [0.3, 0.4) is 0 Å². The number of nitrogens with one attached hydrogen (secondary N) is 1. The van der Waals surface area contributed by atoms with E-state index in [-0.39, 0.29) is 36.1 Å². The molecule has 1 aliphatic heterocycles. The summed E-state index contributed by atoms with van der Waals surface area (Å²) < 4.78 is 15.2. The number of benzene rings is 1. The van der Waals surface area contributed by atoms with Crippen LogP contribution in [-0.4, -0.2) is 72.1 Å². The van der Waals surface area contributed by atoms with E-state index in [1.165, 1.54) is 23.0 Å². The lowest BCUT2D eigenvalue weighted by molar-refractivity contribution is -0.139. The number of hydrogen-bond donors (Lipinski definition) is 4. The van der Waals surface area contributed by atoms with E-state index >= 15 is 0 Å². The van der Waals surface area contributed by atoms with Gasteiger partial charge < -0.3 is 26.2 Å². The number of anilines is 1. The highest BCUT2D eigenvalue weighted by atomic mass is 19.1. The van der Waals surface area contributed by atoms with Crippen molar-refractivity contribution in [3.05, 3.63) is 42.5 Å². The topological polar surface area (TPSA) is 159 Å². The number of likely N-dealkylation sites (tertiary alicyclic amines) is 1. The molecule has 1 aromatic carbocycles. The van der Waals surface area contributed by atoms with Crippen molar-refractivity contribution >= 4 is 17.6 Å². The molecule has 1 aliphatic rings. The first kappa shape index (κ1) is 26.0. The molecule has 4 rings (SSSR count). The Morgan fingerprint density at radius 1 is 1.27 bits per heavy atom. The van der Waals surface area contributed by atoms with Gasteiger partial charge in [0.15, 0.2) is 17.4 Å². The van der Waals surface area contributed by atoms with Gasteiger partial charge in [0, 0.05) is 36.0 Å². The number of phenols is 1. The number of aliphatic hydroxyl groups excluding tert-OH is 1. The minimum absolute atomic E-state index is 0.0924. The van der Waals surface area contributed by atoms with E-state index in [2.05, 4.69) is 20.6 Å². The standard InChI is InChI=1S/C25H30FN7O4/c1-25(2,3)22(24(37)32-8-7-15(34)12-32)29-20(35)13-33-11-14(10-28-33)17-9-19(30-31-23(17)27)16-5-4-6-18(26)21(16)36/h4-6,9-11,15,22,34,36H,7-8,12-13H2,1-3H3,(H2,27,31)(H,29,35)/t15-,22-/m1/s1. The van der Waals surface area contributed by atoms with Crippen LogP contribution in [-0.2, 0) is 16.1 Å². The molecule has 0 unspecified atom stereocenters. The van der Waals surface area contributed by atoms with E-state index in [0.29, 0.717) is 24.1 Å². The summed E-state index contributed by atoms with van der Waals surface area (Å²) >= 11 is 0. The highest BCUT2D eigenvalue weighted by Crippen LogP contribution is 2.33. The summed E-state index contributed by atoms with van der Waals surface area (Å²) in [5.41, 5.74) is 6.80. The molecule has 196 valence electrons. The largest absolute Gasteiger partial charge is 0.504 e. The zero-order valence-electron chi connectivity index (χ0n) is 20.8. The summed E-state index contributed by atoms with van der Waals surface area (Å²) in [5, 5.41) is 34.8. The lowest BCUT2D eigenvalue weighted by Gasteiger charge is -2.33. The molecule has 2 atom stereocenters. The lowest BCUT2D eigenvalue weighted by atomic mass is 9.85. The predicted octanol–water partition coefficient (Wildman–Crippen LogP) is 1.56. The van der Waals surface area contributed by atoms with E-state index in [0.717, 1.165) is 6.07 Å². The molecule has 2 amide bonds. The zero-order chi connectivity index (χ0) is 26.9. The number of nitrogens with zero attached hydrogens (tertiary/aromatic N) is 5. The number of para-hydroxylation sites is 1. The van der Waals surface area contributed by atoms with Crippen molar-refractivity contribution in [1.82, 2.24) is 30.2 Å². The fraction of sp³-hybridized carbons (Fsp3) is 0.400. The molecule has 3 heterocycles. The number of amides is 2. The molecule has 0 aliphatic carbocycles. The number of nitrogen functional groups attached to an aromatic ring is 1. The van der Waals surface area contributed by atoms with Crippen LogP contribution in [0.2, 0.25) is 0 Å². The van der Waals surface area contributed by atoms with Crippen molar-refractivity contribution in [1.29, 1.82) is 0 Å². The van der Waals surface area contributed by atoms with E-state index < -0.39 is 35.0 Å². The summed E-state index contributed by atoms with van der Waals surface area (Å²) in [4.78, 5) is 27.5. The third kappa shape index (κ3) is 5.69. The Balaban J connectivity index is 1.50. The number of hydrogen-bond acceptors (Lipinski definition) is 8. The van der Waals surface area contributed by atoms with Crippen molar-refractivity contribution in [2.45, 2.75) is 45.9 Å². The second-order valence-corrected chi connectivity index (χ2v) is 10.2. The van der Waals surface area contributed by atoms with E-state index in [9.17, 15) is 24.2 Å². The van der Waals surface area contributed by atoms with Crippen LogP contribution in [0.25, 0.3) is 22.4 Å². The van der Waals surface area contributed by atoms with E-state index in [1.807, 2.05) is 20.8 Å². The second-order valence-electron chi connectivity index (χ2n) is 10.2. The Hall–Kier alpha value is -4.06. The molecule has 2 aromatic heterocycles. The monoisotopic (exact) mass is 511 g/mol. The molecule has 3 aromatic rings. The summed E-state index contributed by atoms with van der Waals surface area (Å²) in [5.74, 6) is -1.89. The second kappa shape index (κ2) is 10.1. The van der Waals surface area contributed by atoms with E-state index in [1.54, 1.807) is 17.2 Å². The van der Waals surface area contributed by atoms with Gasteiger partial charge in [-0.1, -0.05) is 26.8 Å². The number of halogens is 1. The van der Waals surface area contributed by atoms with Gasteiger partial charge in [0.2, 0.25) is 11.8 Å². The quantitative estimate of drug-likeness (QED) is 0.388. The predicted molar refractivity (Wildman–Crippen MR) is 133 cm³/mol. The van der Waals surface area contributed by atoms with Gasteiger partial charge in [0.1, 0.15) is 12.6 Å². The van der Waals surface area contributed by atoms with E-state index in [4.69, 9.17) is 5.73 Å². The van der Waals surface area contributed by atoms with Crippen LogP contribution in [0.4, 0.5) is 10.2 Å². The van der Waals surface area contributed by atoms with Crippen molar-refractivity contribution in [2.75, 3.05) is 18.8 Å². The van der Waals surface area contributed by atoms with Crippen molar-refractivity contribution in [2.24, 2.45) is 5.41 Å². The van der Waals surface area contributed by atoms with Gasteiger partial charge in [-0.05, 0) is 30.0 Å². The molecule has 5 N–H and O–H groups in total. The van der Waals surface area contributed by atoms with Crippen LogP contribution >= 0.6 is 0 Å². The third-order valence-corrected chi connectivity index (χ3v) is 6.23. The molecule has 12 heteroatoms. The summed E-state index contributed by atoms with van der Waals surface area (Å²) in [6, 6.07) is 4.86. The molecule has 0 spiro atoms. The summed E-state index contributed by atoms with van der Waals surface area (Å²) in [7, 11) is 0. The van der Waals surface area contributed by atoms with Crippen LogP contribution in [0, 0.1) is 11.2 Å². The average molecular weight is 512 g/mol. The highest BCUT2D eigenvalue weighted by Gasteiger charge is 2.37. The van der Waals surface area contributed by atoms with Gasteiger partial charge in [0.05, 0.1) is 18.0 Å². The van der Waals surface area contributed by atoms with Crippen LogP contribution < -0.4 is 11.1 Å². The fourth-order valence-electron chi connectivity index (χ4n) is 4.20. The third-order valence-electron chi connectivity index (χ3n) is 6.23. The number of phenolic OH excluding ortho intramolecular Hbond substituents is 1. The minimum Gasteiger partial charge on any atom is -0.504 e. The first-order valence-corrected chi connectivity index (χ1v) is 11.8. The lowest BCUT2D eigenvalue weighted by Crippen LogP contribution is -2.55. The van der Waals surface area contributed by atoms with Gasteiger partial charge in [-0.2, -0.15) is 5.10 Å². The maximum absolute atomic E-state index is 13.8. The van der Waals surface area contributed by atoms with Crippen LogP contribution in [0.5, 0.6) is 5.75 Å². The van der Waals surface area contributed by atoms with Gasteiger partial charge in [-0.15, -0.1) is 10.2 Å². The van der Waals surface area contributed by atoms with Crippen LogP contribution in [0.15, 0.2) is 36.7 Å². The first-order valence-electron chi connectivity index (χ1n) is 11.8. The van der Waals surface area contributed by atoms with Gasteiger partial charge in [-0.25, -0.2) is 4.39 Å². The molecule has 0 radical (unpaired) electrons. The SMILES string of the molecule is CC(C)(C)[C@H](NC(=O)Cn1cc(-c2cc(-c3cccc(F)c3O)nnc2N)cn1)C(=O)N1CC[C@@H](O)C1. The van der Waals surface area contributed by atoms with Gasteiger partial charge in [-0.3, -0.25) is 14.3 Å². The molecule has 11 nitrogen and oxygen atoms in total. The first-order chi connectivity index (χ1) is 17.4. The van der Waals surface area contributed by atoms with Crippen molar-refractivity contribution < 1.29 is 24.2 Å². The number of carbonyl (C=O) groups is 2. The molecular formula is C25H30FN7O4. The Kier molecular flexibility index (Phi) is 7.12. The van der Waals surface area contributed by atoms with Crippen molar-refractivity contribution in [3.8, 4) is 28.1 Å². The number of nitrogens with two attached hydrogens (primary N) is 1. The Bertz CT molecular complexity index is 1320. The molecule has 0 saturated carbocycles. The number of aromatic nitrogens is 4. The Morgan fingerprint density at radius 3 is 2.70 bits per heavy atom. The number of aromatic hydroxyl groups is 1. The average Bonchev–Trinajstić information content (AvgIpc) is 3.48. The van der Waals surface area contributed by atoms with Crippen LogP contribution in [0.1, 0.15) is 27.2 Å². The number of β-amino-alcohol motifs (C(OH)–C–C–N with tert-alkyl or cyclic N) is 1. The smallest absolute Gasteiger partial charge is 0.245 e. The Labute approximate surface area is 213 Å². The maximum atomic E-state index is 13.8. The minimum atomic E-state index is -0.788. The molecule has 1 fully saturated rings. The molecular weight excluding hydrogens is 481 g/mol.